The van der Waals surface area contributed by atoms with E-state index in [-0.39, 0.29) is 84.7 Å². The molecule has 0 spiro atoms. The molecule has 3 amide bonds. The first kappa shape index (κ1) is 54.6. The van der Waals surface area contributed by atoms with Gasteiger partial charge in [-0.15, -0.1) is 0 Å². The summed E-state index contributed by atoms with van der Waals surface area (Å²) < 4.78 is 17.0. The molecule has 2 aliphatic rings. The van der Waals surface area contributed by atoms with Crippen LogP contribution in [0.25, 0.3) is 0 Å². The molecule has 0 aliphatic carbocycles. The number of ether oxygens (including phenoxy) is 3. The van der Waals surface area contributed by atoms with Crippen LogP contribution in [0.15, 0.2) is 30.3 Å². The predicted molar refractivity (Wildman–Crippen MR) is 247 cm³/mol. The highest BCUT2D eigenvalue weighted by atomic mass is 16.7. The van der Waals surface area contributed by atoms with Crippen LogP contribution in [0.1, 0.15) is 118 Å². The second-order valence-electron chi connectivity index (χ2n) is 19.0. The average Bonchev–Trinajstić information content (AvgIpc) is 3.77. The van der Waals surface area contributed by atoms with Gasteiger partial charge in [-0.2, -0.15) is 0 Å². The first-order valence-electron chi connectivity index (χ1n) is 23.8. The monoisotopic (exact) mass is 899 g/mol. The van der Waals surface area contributed by atoms with Gasteiger partial charge in [0.1, 0.15) is 5.78 Å². The van der Waals surface area contributed by atoms with Crippen LogP contribution in [-0.2, 0) is 54.2 Å². The highest BCUT2D eigenvalue weighted by Gasteiger charge is 2.44. The van der Waals surface area contributed by atoms with E-state index in [0.29, 0.717) is 45.5 Å². The van der Waals surface area contributed by atoms with E-state index in [2.05, 4.69) is 6.92 Å². The molecule has 14 heteroatoms. The number of ketones is 2. The van der Waals surface area contributed by atoms with Crippen LogP contribution in [0.2, 0.25) is 0 Å². The van der Waals surface area contributed by atoms with E-state index < -0.39 is 42.0 Å². The molecule has 0 saturated carbocycles. The highest BCUT2D eigenvalue weighted by molar-refractivity contribution is 5.90. The molecule has 0 N–H and O–H groups in total. The number of likely N-dealkylation sites (N-methyl/N-ethyl adjacent to an activating group) is 2. The lowest BCUT2D eigenvalue weighted by Crippen LogP contribution is -2.54. The van der Waals surface area contributed by atoms with Gasteiger partial charge in [0.2, 0.25) is 17.7 Å². The highest BCUT2D eigenvalue weighted by Crippen LogP contribution is 2.32. The van der Waals surface area contributed by atoms with Crippen LogP contribution in [0.3, 0.4) is 0 Å². The van der Waals surface area contributed by atoms with Crippen molar-refractivity contribution in [2.45, 2.75) is 149 Å². The predicted octanol–water partition coefficient (Wildman–Crippen LogP) is 6.42. The van der Waals surface area contributed by atoms with E-state index in [4.69, 9.17) is 19.0 Å². The van der Waals surface area contributed by atoms with Crippen molar-refractivity contribution in [2.24, 2.45) is 35.5 Å². The first-order valence-corrected chi connectivity index (χ1v) is 23.8. The van der Waals surface area contributed by atoms with Gasteiger partial charge in [0.25, 0.3) is 0 Å². The lowest BCUT2D eigenvalue weighted by molar-refractivity contribution is -0.201. The molecular weight excluding hydrogens is 817 g/mol. The van der Waals surface area contributed by atoms with Crippen LogP contribution < -0.4 is 0 Å². The SMILES string of the molecule is CC[C@H](C)[C@@H]([C@@H](CC(=O)N1CCC[C@H]1[C@H](OC)[C@@H](C)C(=O)C[C@@H](Cc1ccccc1)C(=O)N1CCCCO1)OC)N(C)C(=O)[C@@H](CC(=O)[C@H](C(C)C)N(C)CCCC(=O)OC)C(C)C. The fourth-order valence-electron chi connectivity index (χ4n) is 9.94. The Bertz CT molecular complexity index is 1630. The van der Waals surface area contributed by atoms with Crippen molar-refractivity contribution in [1.29, 1.82) is 0 Å². The summed E-state index contributed by atoms with van der Waals surface area (Å²) in [5, 5.41) is 1.42. The van der Waals surface area contributed by atoms with Crippen LogP contribution in [0, 0.1) is 35.5 Å². The molecule has 362 valence electrons. The van der Waals surface area contributed by atoms with Gasteiger partial charge in [0.05, 0.1) is 56.4 Å². The van der Waals surface area contributed by atoms with Crippen LogP contribution in [0.4, 0.5) is 0 Å². The van der Waals surface area contributed by atoms with Gasteiger partial charge in [0.15, 0.2) is 5.78 Å². The smallest absolute Gasteiger partial charge is 0.305 e. The van der Waals surface area contributed by atoms with E-state index in [1.54, 1.807) is 26.2 Å². The number of hydrogen-bond acceptors (Lipinski definition) is 11. The molecule has 0 radical (unpaired) electrons. The Morgan fingerprint density at radius 3 is 2.08 bits per heavy atom. The second kappa shape index (κ2) is 27.0. The topological polar surface area (TPSA) is 152 Å². The van der Waals surface area contributed by atoms with Gasteiger partial charge in [-0.25, -0.2) is 5.06 Å². The molecule has 14 nitrogen and oxygen atoms in total. The zero-order valence-corrected chi connectivity index (χ0v) is 41.2. The molecular formula is C50H82N4O10. The third-order valence-electron chi connectivity index (χ3n) is 13.8. The number of Topliss-reactive ketones (excluding diaryl/α,β-unsaturated/α-hetero) is 2. The summed E-state index contributed by atoms with van der Waals surface area (Å²) in [6, 6.07) is 8.44. The van der Waals surface area contributed by atoms with Crippen molar-refractivity contribution in [1.82, 2.24) is 19.8 Å². The summed E-state index contributed by atoms with van der Waals surface area (Å²) in [5.41, 5.74) is 0.964. The number of hydroxylamine groups is 2. The summed E-state index contributed by atoms with van der Waals surface area (Å²) in [6.07, 6.45) is 3.92. The van der Waals surface area contributed by atoms with Crippen molar-refractivity contribution in [3.8, 4) is 0 Å². The molecule has 0 aromatic heterocycles. The molecule has 0 bridgehead atoms. The lowest BCUT2D eigenvalue weighted by atomic mass is 9.83. The van der Waals surface area contributed by atoms with Crippen molar-refractivity contribution >= 4 is 35.3 Å². The largest absolute Gasteiger partial charge is 0.469 e. The van der Waals surface area contributed by atoms with Gasteiger partial charge in [-0.1, -0.05) is 85.2 Å². The quantitative estimate of drug-likeness (QED) is 0.0900. The summed E-state index contributed by atoms with van der Waals surface area (Å²) in [4.78, 5) is 94.1. The molecule has 0 unspecified atom stereocenters. The van der Waals surface area contributed by atoms with Crippen molar-refractivity contribution in [3.05, 3.63) is 35.9 Å². The number of hydrogen-bond donors (Lipinski definition) is 0. The molecule has 2 heterocycles. The van der Waals surface area contributed by atoms with E-state index >= 15 is 0 Å². The molecule has 2 fully saturated rings. The van der Waals surface area contributed by atoms with E-state index in [9.17, 15) is 28.8 Å². The second-order valence-corrected chi connectivity index (χ2v) is 19.0. The van der Waals surface area contributed by atoms with Crippen molar-refractivity contribution in [3.63, 3.8) is 0 Å². The van der Waals surface area contributed by atoms with Gasteiger partial charge in [-0.3, -0.25) is 38.5 Å². The van der Waals surface area contributed by atoms with Crippen LogP contribution >= 0.6 is 0 Å². The molecule has 2 aliphatic heterocycles. The van der Waals surface area contributed by atoms with Crippen molar-refractivity contribution < 1.29 is 47.8 Å². The molecule has 64 heavy (non-hydrogen) atoms. The normalized spacial score (nSPS) is 19.5. The summed E-state index contributed by atoms with van der Waals surface area (Å²) in [5.74, 6) is -2.91. The first-order chi connectivity index (χ1) is 30.4. The summed E-state index contributed by atoms with van der Waals surface area (Å²) >= 11 is 0. The third-order valence-corrected chi connectivity index (χ3v) is 13.8. The number of rotatable bonds is 27. The average molecular weight is 899 g/mol. The molecule has 1 aromatic carbocycles. The molecule has 9 atom stereocenters. The maximum atomic E-state index is 14.6. The van der Waals surface area contributed by atoms with Crippen LogP contribution in [-0.4, -0.2) is 147 Å². The van der Waals surface area contributed by atoms with E-state index in [1.165, 1.54) is 12.2 Å². The van der Waals surface area contributed by atoms with Gasteiger partial charge in [-0.05, 0) is 75.4 Å². The summed E-state index contributed by atoms with van der Waals surface area (Å²) in [7, 11) is 8.15. The minimum absolute atomic E-state index is 0.0125. The molecule has 3 rings (SSSR count). The maximum Gasteiger partial charge on any atom is 0.305 e. The van der Waals surface area contributed by atoms with Gasteiger partial charge < -0.3 is 24.0 Å². The number of benzene rings is 1. The Morgan fingerprint density at radius 2 is 1.52 bits per heavy atom. The van der Waals surface area contributed by atoms with Gasteiger partial charge in [0, 0.05) is 65.5 Å². The van der Waals surface area contributed by atoms with Gasteiger partial charge >= 0.3 is 5.97 Å². The Kier molecular flexibility index (Phi) is 23.1. The van der Waals surface area contributed by atoms with Crippen LogP contribution in [0.5, 0.6) is 0 Å². The number of carbonyl (C=O) groups is 6. The fraction of sp³-hybridized carbons (Fsp3) is 0.760. The Hall–Kier alpha value is -3.72. The number of amides is 3. The van der Waals surface area contributed by atoms with E-state index in [0.717, 1.165) is 31.2 Å². The van der Waals surface area contributed by atoms with E-state index in [1.807, 2.05) is 88.7 Å². The molecule has 1 aromatic rings. The maximum absolute atomic E-state index is 14.6. The Labute approximate surface area is 384 Å². The zero-order chi connectivity index (χ0) is 47.7. The minimum Gasteiger partial charge on any atom is -0.469 e. The lowest BCUT2D eigenvalue weighted by Gasteiger charge is -2.41. The number of nitrogens with zero attached hydrogens (tertiary/aromatic N) is 4. The number of likely N-dealkylation sites (tertiary alicyclic amines) is 1. The minimum atomic E-state index is -0.646. The fourth-order valence-corrected chi connectivity index (χ4v) is 9.94. The Balaban J connectivity index is 1.78. The summed E-state index contributed by atoms with van der Waals surface area (Å²) in [6.45, 7) is 15.8. The number of carbonyl (C=O) groups excluding carboxylic acids is 6. The standard InChI is InChI=1S/C50H82N4O10/c1-13-35(6)47(52(9)50(60)39(33(2)3)31-42(56)46(34(4)5)51(8)25-20-24-45(58)62-11)43(61-10)32-44(57)53-26-19-23-40(53)48(63-12)36(7)41(55)30-38(29-37-21-15-14-16-22-37)49(59)54-27-17-18-28-64-54/h14-16,21-22,33-36,38-40,43,46-48H,13,17-20,23-32H2,1-12H3/t35-,36-,38+,39-,40-,43+,46-,47-,48+/m0/s1. The molecule has 2 saturated heterocycles. The third kappa shape index (κ3) is 15.2. The number of methoxy groups -OCH3 is 3. The number of esters is 1. The Morgan fingerprint density at radius 1 is 0.828 bits per heavy atom. The zero-order valence-electron chi connectivity index (χ0n) is 41.2. The van der Waals surface area contributed by atoms with Crippen molar-refractivity contribution in [2.75, 3.05) is 61.7 Å².